The number of anilines is 1. The molecule has 0 radical (unpaired) electrons. The number of carbonyl (C=O) groups is 1. The van der Waals surface area contributed by atoms with Gasteiger partial charge in [0.1, 0.15) is 10.9 Å². The molecular formula is C11H8ClN3O2. The summed E-state index contributed by atoms with van der Waals surface area (Å²) in [5, 5.41) is 12.4. The van der Waals surface area contributed by atoms with E-state index in [0.29, 0.717) is 10.8 Å². The standard InChI is InChI=1S/C11H8ClN3O2/c12-10-2-1-7(5-14-10)15-11(17)8-3-4-13-6-9(8)16/h1-6,16H,(H,15,17). The molecule has 0 aliphatic rings. The van der Waals surface area contributed by atoms with Crippen molar-refractivity contribution in [2.75, 3.05) is 5.32 Å². The summed E-state index contributed by atoms with van der Waals surface area (Å²) in [6.07, 6.45) is 4.06. The van der Waals surface area contributed by atoms with Crippen molar-refractivity contribution in [2.45, 2.75) is 0 Å². The van der Waals surface area contributed by atoms with E-state index < -0.39 is 5.91 Å². The Kier molecular flexibility index (Phi) is 3.20. The molecule has 0 bridgehead atoms. The van der Waals surface area contributed by atoms with Crippen molar-refractivity contribution in [1.82, 2.24) is 9.97 Å². The minimum absolute atomic E-state index is 0.148. The Morgan fingerprint density at radius 2 is 2.12 bits per heavy atom. The fraction of sp³-hybridized carbons (Fsp3) is 0. The molecule has 2 aromatic rings. The predicted molar refractivity (Wildman–Crippen MR) is 63.1 cm³/mol. The lowest BCUT2D eigenvalue weighted by Gasteiger charge is -2.05. The minimum atomic E-state index is -0.436. The van der Waals surface area contributed by atoms with E-state index in [4.69, 9.17) is 11.6 Å². The highest BCUT2D eigenvalue weighted by Gasteiger charge is 2.10. The van der Waals surface area contributed by atoms with Crippen molar-refractivity contribution in [1.29, 1.82) is 0 Å². The average Bonchev–Trinajstić information content (AvgIpc) is 2.32. The first-order valence-corrected chi connectivity index (χ1v) is 5.10. The smallest absolute Gasteiger partial charge is 0.259 e. The van der Waals surface area contributed by atoms with Crippen molar-refractivity contribution in [3.63, 3.8) is 0 Å². The highest BCUT2D eigenvalue weighted by atomic mass is 35.5. The van der Waals surface area contributed by atoms with Gasteiger partial charge in [0.05, 0.1) is 23.6 Å². The van der Waals surface area contributed by atoms with E-state index in [0.717, 1.165) is 0 Å². The Morgan fingerprint density at radius 3 is 2.76 bits per heavy atom. The largest absolute Gasteiger partial charge is 0.505 e. The van der Waals surface area contributed by atoms with Crippen LogP contribution in [0.3, 0.4) is 0 Å². The van der Waals surface area contributed by atoms with Gasteiger partial charge in [-0.05, 0) is 18.2 Å². The summed E-state index contributed by atoms with van der Waals surface area (Å²) in [7, 11) is 0. The first-order chi connectivity index (χ1) is 8.16. The SMILES string of the molecule is O=C(Nc1ccc(Cl)nc1)c1ccncc1O. The second-order valence-electron chi connectivity index (χ2n) is 3.22. The van der Waals surface area contributed by atoms with E-state index in [2.05, 4.69) is 15.3 Å². The highest BCUT2D eigenvalue weighted by molar-refractivity contribution is 6.29. The molecule has 86 valence electrons. The molecule has 2 rings (SSSR count). The molecule has 0 aliphatic heterocycles. The molecule has 0 unspecified atom stereocenters. The van der Waals surface area contributed by atoms with Crippen LogP contribution in [0.15, 0.2) is 36.8 Å². The number of amides is 1. The van der Waals surface area contributed by atoms with Crippen LogP contribution in [0.2, 0.25) is 5.15 Å². The van der Waals surface area contributed by atoms with Gasteiger partial charge in [0, 0.05) is 6.20 Å². The monoisotopic (exact) mass is 249 g/mol. The topological polar surface area (TPSA) is 75.1 Å². The minimum Gasteiger partial charge on any atom is -0.505 e. The van der Waals surface area contributed by atoms with E-state index in [-0.39, 0.29) is 11.3 Å². The molecule has 2 aromatic heterocycles. The lowest BCUT2D eigenvalue weighted by molar-refractivity contribution is 0.102. The molecule has 2 N–H and O–H groups in total. The fourth-order valence-corrected chi connectivity index (χ4v) is 1.34. The normalized spacial score (nSPS) is 9.94. The molecule has 6 heteroatoms. The van der Waals surface area contributed by atoms with Crippen LogP contribution >= 0.6 is 11.6 Å². The van der Waals surface area contributed by atoms with Crippen molar-refractivity contribution in [3.05, 3.63) is 47.5 Å². The van der Waals surface area contributed by atoms with Crippen LogP contribution in [0.1, 0.15) is 10.4 Å². The van der Waals surface area contributed by atoms with Gasteiger partial charge in [0.25, 0.3) is 5.91 Å². The van der Waals surface area contributed by atoms with Crippen LogP contribution in [-0.4, -0.2) is 21.0 Å². The summed E-state index contributed by atoms with van der Waals surface area (Å²) < 4.78 is 0. The van der Waals surface area contributed by atoms with Crippen molar-refractivity contribution in [3.8, 4) is 5.75 Å². The zero-order valence-corrected chi connectivity index (χ0v) is 9.35. The molecule has 5 nitrogen and oxygen atoms in total. The van der Waals surface area contributed by atoms with Gasteiger partial charge < -0.3 is 10.4 Å². The first-order valence-electron chi connectivity index (χ1n) is 4.72. The zero-order valence-electron chi connectivity index (χ0n) is 8.59. The Bertz CT molecular complexity index is 543. The predicted octanol–water partition coefficient (Wildman–Crippen LogP) is 2.09. The van der Waals surface area contributed by atoms with E-state index >= 15 is 0 Å². The molecule has 0 fully saturated rings. The quantitative estimate of drug-likeness (QED) is 0.799. The summed E-state index contributed by atoms with van der Waals surface area (Å²) in [6.45, 7) is 0. The molecule has 0 atom stereocenters. The van der Waals surface area contributed by atoms with Crippen molar-refractivity contribution in [2.24, 2.45) is 0 Å². The molecule has 1 amide bonds. The van der Waals surface area contributed by atoms with Crippen LogP contribution < -0.4 is 5.32 Å². The van der Waals surface area contributed by atoms with Crippen LogP contribution in [0.4, 0.5) is 5.69 Å². The van der Waals surface area contributed by atoms with Gasteiger partial charge >= 0.3 is 0 Å². The molecule has 0 aromatic carbocycles. The number of nitrogens with zero attached hydrogens (tertiary/aromatic N) is 2. The lowest BCUT2D eigenvalue weighted by atomic mass is 10.2. The van der Waals surface area contributed by atoms with Crippen LogP contribution in [0.25, 0.3) is 0 Å². The lowest BCUT2D eigenvalue weighted by Crippen LogP contribution is -2.12. The van der Waals surface area contributed by atoms with Gasteiger partial charge in [-0.15, -0.1) is 0 Å². The van der Waals surface area contributed by atoms with Crippen LogP contribution in [0, 0.1) is 0 Å². The van der Waals surface area contributed by atoms with Gasteiger partial charge in [0.15, 0.2) is 0 Å². The molecule has 0 aliphatic carbocycles. The summed E-state index contributed by atoms with van der Waals surface area (Å²) >= 11 is 5.62. The Balaban J connectivity index is 2.17. The van der Waals surface area contributed by atoms with Crippen molar-refractivity contribution >= 4 is 23.2 Å². The maximum absolute atomic E-state index is 11.8. The second kappa shape index (κ2) is 4.80. The number of aromatic nitrogens is 2. The summed E-state index contributed by atoms with van der Waals surface area (Å²) in [6, 6.07) is 4.60. The molecule has 0 spiro atoms. The van der Waals surface area contributed by atoms with Crippen LogP contribution in [0.5, 0.6) is 5.75 Å². The number of pyridine rings is 2. The maximum atomic E-state index is 11.8. The Hall–Kier alpha value is -2.14. The molecule has 17 heavy (non-hydrogen) atoms. The molecule has 0 saturated carbocycles. The number of aromatic hydroxyl groups is 1. The van der Waals surface area contributed by atoms with Gasteiger partial charge in [-0.3, -0.25) is 9.78 Å². The second-order valence-corrected chi connectivity index (χ2v) is 3.60. The van der Waals surface area contributed by atoms with Crippen LogP contribution in [-0.2, 0) is 0 Å². The number of rotatable bonds is 2. The summed E-state index contributed by atoms with van der Waals surface area (Å²) in [5.41, 5.74) is 0.644. The van der Waals surface area contributed by atoms with Gasteiger partial charge in [-0.25, -0.2) is 4.98 Å². The number of nitrogens with one attached hydrogen (secondary N) is 1. The number of hydrogen-bond acceptors (Lipinski definition) is 4. The highest BCUT2D eigenvalue weighted by Crippen LogP contribution is 2.16. The number of halogens is 1. The maximum Gasteiger partial charge on any atom is 0.259 e. The van der Waals surface area contributed by atoms with E-state index in [1.165, 1.54) is 24.7 Å². The third-order valence-electron chi connectivity index (χ3n) is 2.03. The van der Waals surface area contributed by atoms with Gasteiger partial charge in [0.2, 0.25) is 0 Å². The molecular weight excluding hydrogens is 242 g/mol. The van der Waals surface area contributed by atoms with E-state index in [9.17, 15) is 9.90 Å². The van der Waals surface area contributed by atoms with Gasteiger partial charge in [-0.2, -0.15) is 0 Å². The van der Waals surface area contributed by atoms with Crippen molar-refractivity contribution < 1.29 is 9.90 Å². The third-order valence-corrected chi connectivity index (χ3v) is 2.25. The molecule has 2 heterocycles. The van der Waals surface area contributed by atoms with E-state index in [1.807, 2.05) is 0 Å². The fourth-order valence-electron chi connectivity index (χ4n) is 1.23. The number of carbonyl (C=O) groups excluding carboxylic acids is 1. The summed E-state index contributed by atoms with van der Waals surface area (Å²) in [4.78, 5) is 19.3. The Labute approximate surface area is 102 Å². The van der Waals surface area contributed by atoms with Gasteiger partial charge in [-0.1, -0.05) is 11.6 Å². The zero-order chi connectivity index (χ0) is 12.3. The third kappa shape index (κ3) is 2.70. The first kappa shape index (κ1) is 11.3. The average molecular weight is 250 g/mol. The Morgan fingerprint density at radius 1 is 1.29 bits per heavy atom. The van der Waals surface area contributed by atoms with E-state index in [1.54, 1.807) is 12.1 Å². The number of hydrogen-bond donors (Lipinski definition) is 2. The summed E-state index contributed by atoms with van der Waals surface area (Å²) in [5.74, 6) is -0.610. The molecule has 0 saturated heterocycles.